The molecule has 0 spiro atoms. The number of piperidine rings is 1. The average molecular weight is 437 g/mol. The maximum absolute atomic E-state index is 13.0. The lowest BCUT2D eigenvalue weighted by Crippen LogP contribution is -2.38. The molecule has 8 heteroatoms. The third-order valence-corrected chi connectivity index (χ3v) is 7.27. The standard InChI is InChI=1S/C24H32N6O2/c1-24(2,3)17-5-6-19-18(11-17)22(32-28-19)15-7-9-30(10-8-15)23(31)21-12-20(26-27-21)16-13-25-29(4)14-16/h12-15,17H,5-11H2,1-4H3,(H,26,27)/t17-/m1/s1. The molecule has 1 atom stereocenters. The van der Waals surface area contributed by atoms with Crippen LogP contribution in [-0.2, 0) is 19.9 Å². The van der Waals surface area contributed by atoms with E-state index in [9.17, 15) is 4.79 Å². The first-order valence-electron chi connectivity index (χ1n) is 11.6. The van der Waals surface area contributed by atoms with Gasteiger partial charge in [-0.1, -0.05) is 25.9 Å². The first-order valence-corrected chi connectivity index (χ1v) is 11.6. The summed E-state index contributed by atoms with van der Waals surface area (Å²) in [5.41, 5.74) is 4.94. The van der Waals surface area contributed by atoms with Crippen molar-refractivity contribution in [3.8, 4) is 11.3 Å². The number of likely N-dealkylation sites (tertiary alicyclic amines) is 1. The SMILES string of the molecule is Cn1cc(-c2cc(C(=O)N3CCC(c4onc5c4C[C@H](C(C)(C)C)CC5)CC3)[nH]n2)cn1. The number of aryl methyl sites for hydroxylation is 2. The van der Waals surface area contributed by atoms with Gasteiger partial charge in [0.25, 0.3) is 5.91 Å². The molecule has 8 nitrogen and oxygen atoms in total. The fourth-order valence-electron chi connectivity index (χ4n) is 5.14. The number of carbonyl (C=O) groups excluding carboxylic acids is 1. The minimum atomic E-state index is -0.00140. The Labute approximate surface area is 188 Å². The molecule has 1 amide bonds. The second-order valence-corrected chi connectivity index (χ2v) is 10.4. The second-order valence-electron chi connectivity index (χ2n) is 10.4. The molecular weight excluding hydrogens is 404 g/mol. The molecule has 4 heterocycles. The Bertz CT molecular complexity index is 1110. The van der Waals surface area contributed by atoms with Gasteiger partial charge in [-0.2, -0.15) is 10.2 Å². The van der Waals surface area contributed by atoms with Gasteiger partial charge in [0.05, 0.1) is 17.6 Å². The number of nitrogens with one attached hydrogen (secondary N) is 1. The van der Waals surface area contributed by atoms with Crippen LogP contribution in [0.15, 0.2) is 23.0 Å². The lowest BCUT2D eigenvalue weighted by atomic mass is 9.71. The van der Waals surface area contributed by atoms with E-state index in [-0.39, 0.29) is 5.91 Å². The van der Waals surface area contributed by atoms with Crippen LogP contribution in [-0.4, -0.2) is 49.0 Å². The maximum atomic E-state index is 13.0. The smallest absolute Gasteiger partial charge is 0.271 e. The molecule has 3 aromatic heterocycles. The zero-order valence-corrected chi connectivity index (χ0v) is 19.4. The number of aromatic amines is 1. The Morgan fingerprint density at radius 1 is 1.22 bits per heavy atom. The maximum Gasteiger partial charge on any atom is 0.271 e. The van der Waals surface area contributed by atoms with Crippen molar-refractivity contribution < 1.29 is 9.32 Å². The van der Waals surface area contributed by atoms with Gasteiger partial charge in [0.15, 0.2) is 0 Å². The number of amides is 1. The largest absolute Gasteiger partial charge is 0.361 e. The summed E-state index contributed by atoms with van der Waals surface area (Å²) in [6.45, 7) is 8.41. The number of fused-ring (bicyclic) bond motifs is 1. The molecule has 5 rings (SSSR count). The third-order valence-electron chi connectivity index (χ3n) is 7.27. The van der Waals surface area contributed by atoms with E-state index in [4.69, 9.17) is 4.52 Å². The van der Waals surface area contributed by atoms with Gasteiger partial charge in [-0.25, -0.2) is 0 Å². The molecule has 0 radical (unpaired) electrons. The fourth-order valence-corrected chi connectivity index (χ4v) is 5.14. The van der Waals surface area contributed by atoms with Crippen molar-refractivity contribution >= 4 is 5.91 Å². The second kappa shape index (κ2) is 7.90. The summed E-state index contributed by atoms with van der Waals surface area (Å²) in [4.78, 5) is 14.9. The number of nitrogens with zero attached hydrogens (tertiary/aromatic N) is 5. The van der Waals surface area contributed by atoms with Gasteiger partial charge in [-0.15, -0.1) is 0 Å². The van der Waals surface area contributed by atoms with Crippen molar-refractivity contribution in [2.75, 3.05) is 13.1 Å². The lowest BCUT2D eigenvalue weighted by molar-refractivity contribution is 0.0699. The Hall–Kier alpha value is -2.90. The van der Waals surface area contributed by atoms with Gasteiger partial charge in [0.2, 0.25) is 0 Å². The Balaban J connectivity index is 1.24. The normalized spacial score (nSPS) is 19.9. The number of rotatable bonds is 3. The summed E-state index contributed by atoms with van der Waals surface area (Å²) in [6, 6.07) is 1.81. The van der Waals surface area contributed by atoms with Gasteiger partial charge < -0.3 is 9.42 Å². The van der Waals surface area contributed by atoms with Crippen LogP contribution in [0.4, 0.5) is 0 Å². The van der Waals surface area contributed by atoms with E-state index in [1.165, 1.54) is 12.0 Å². The van der Waals surface area contributed by atoms with E-state index in [0.29, 0.717) is 36.0 Å². The molecule has 1 fully saturated rings. The van der Waals surface area contributed by atoms with E-state index in [1.807, 2.05) is 24.2 Å². The first-order chi connectivity index (χ1) is 15.3. The zero-order chi connectivity index (χ0) is 22.5. The summed E-state index contributed by atoms with van der Waals surface area (Å²) in [7, 11) is 1.86. The summed E-state index contributed by atoms with van der Waals surface area (Å²) < 4.78 is 7.60. The molecule has 32 heavy (non-hydrogen) atoms. The molecule has 170 valence electrons. The van der Waals surface area contributed by atoms with Crippen molar-refractivity contribution in [2.24, 2.45) is 18.4 Å². The minimum Gasteiger partial charge on any atom is -0.361 e. The topological polar surface area (TPSA) is 92.8 Å². The van der Waals surface area contributed by atoms with Crippen molar-refractivity contribution in [2.45, 2.75) is 58.8 Å². The van der Waals surface area contributed by atoms with E-state index in [2.05, 4.69) is 41.2 Å². The molecule has 1 aliphatic heterocycles. The summed E-state index contributed by atoms with van der Waals surface area (Å²) >= 11 is 0. The summed E-state index contributed by atoms with van der Waals surface area (Å²) in [6.07, 6.45) is 8.69. The van der Waals surface area contributed by atoms with Crippen LogP contribution in [0.3, 0.4) is 0 Å². The van der Waals surface area contributed by atoms with E-state index in [1.54, 1.807) is 10.9 Å². The number of H-pyrrole nitrogens is 1. The van der Waals surface area contributed by atoms with Gasteiger partial charge in [-0.05, 0) is 49.5 Å². The first kappa shape index (κ1) is 21.0. The highest BCUT2D eigenvalue weighted by molar-refractivity contribution is 5.93. The Kier molecular flexibility index (Phi) is 5.18. The highest BCUT2D eigenvalue weighted by Crippen LogP contribution is 2.41. The summed E-state index contributed by atoms with van der Waals surface area (Å²) in [5, 5.41) is 15.8. The molecule has 1 saturated heterocycles. The molecule has 0 aromatic carbocycles. The van der Waals surface area contributed by atoms with Gasteiger partial charge >= 0.3 is 0 Å². The van der Waals surface area contributed by atoms with Crippen LogP contribution >= 0.6 is 0 Å². The minimum absolute atomic E-state index is 0.00140. The molecule has 0 saturated carbocycles. The highest BCUT2D eigenvalue weighted by atomic mass is 16.5. The molecule has 0 unspecified atom stereocenters. The van der Waals surface area contributed by atoms with Gasteiger partial charge in [0.1, 0.15) is 11.5 Å². The highest BCUT2D eigenvalue weighted by Gasteiger charge is 2.36. The molecule has 1 N–H and O–H groups in total. The quantitative estimate of drug-likeness (QED) is 0.671. The van der Waals surface area contributed by atoms with Gasteiger partial charge in [-0.3, -0.25) is 14.6 Å². The number of hydrogen-bond acceptors (Lipinski definition) is 5. The van der Waals surface area contributed by atoms with Crippen LogP contribution in [0.2, 0.25) is 0 Å². The van der Waals surface area contributed by atoms with Crippen LogP contribution in [0.25, 0.3) is 11.3 Å². The number of carbonyl (C=O) groups is 1. The monoisotopic (exact) mass is 436 g/mol. The van der Waals surface area contributed by atoms with Crippen LogP contribution in [0, 0.1) is 11.3 Å². The molecule has 3 aromatic rings. The Morgan fingerprint density at radius 2 is 2.00 bits per heavy atom. The molecule has 0 bridgehead atoms. The molecule has 2 aliphatic rings. The summed E-state index contributed by atoms with van der Waals surface area (Å²) in [5.74, 6) is 2.06. The van der Waals surface area contributed by atoms with Crippen molar-refractivity contribution in [1.82, 2.24) is 30.0 Å². The van der Waals surface area contributed by atoms with Gasteiger partial charge in [0, 0.05) is 43.4 Å². The van der Waals surface area contributed by atoms with E-state index in [0.717, 1.165) is 48.4 Å². The third kappa shape index (κ3) is 3.87. The van der Waals surface area contributed by atoms with E-state index < -0.39 is 0 Å². The fraction of sp³-hybridized carbons (Fsp3) is 0.583. The predicted molar refractivity (Wildman–Crippen MR) is 120 cm³/mol. The van der Waals surface area contributed by atoms with Crippen molar-refractivity contribution in [1.29, 1.82) is 0 Å². The van der Waals surface area contributed by atoms with E-state index >= 15 is 0 Å². The molecule has 1 aliphatic carbocycles. The average Bonchev–Trinajstić information content (AvgIpc) is 3.51. The number of hydrogen-bond donors (Lipinski definition) is 1. The lowest BCUT2D eigenvalue weighted by Gasteiger charge is -2.34. The van der Waals surface area contributed by atoms with Crippen LogP contribution in [0.1, 0.15) is 73.5 Å². The molecular formula is C24H32N6O2. The zero-order valence-electron chi connectivity index (χ0n) is 19.4. The Morgan fingerprint density at radius 3 is 2.69 bits per heavy atom. The number of aromatic nitrogens is 5. The van der Waals surface area contributed by atoms with Crippen LogP contribution in [0.5, 0.6) is 0 Å². The van der Waals surface area contributed by atoms with Crippen LogP contribution < -0.4 is 0 Å². The predicted octanol–water partition coefficient (Wildman–Crippen LogP) is 3.97. The van der Waals surface area contributed by atoms with Crippen molar-refractivity contribution in [3.05, 3.63) is 41.2 Å². The van der Waals surface area contributed by atoms with Crippen molar-refractivity contribution in [3.63, 3.8) is 0 Å².